The van der Waals surface area contributed by atoms with E-state index in [2.05, 4.69) is 26.0 Å². The summed E-state index contributed by atoms with van der Waals surface area (Å²) in [7, 11) is 0. The number of carbonyl (C=O) groups excluding carboxylic acids is 2. The predicted octanol–water partition coefficient (Wildman–Crippen LogP) is 2.62. The number of aryl methyl sites for hydroxylation is 1. The molecule has 0 spiro atoms. The summed E-state index contributed by atoms with van der Waals surface area (Å²) in [6.45, 7) is 3.74. The lowest BCUT2D eigenvalue weighted by Crippen LogP contribution is -2.21. The molecular formula is C24H21N5O6. The molecular weight excluding hydrogens is 454 g/mol. The highest BCUT2D eigenvalue weighted by Crippen LogP contribution is 2.32. The molecule has 0 saturated carbocycles. The first-order valence-electron chi connectivity index (χ1n) is 10.6. The van der Waals surface area contributed by atoms with Crippen molar-refractivity contribution >= 4 is 24.2 Å². The number of ether oxygens (including phenoxy) is 4. The minimum absolute atomic E-state index is 0.178. The summed E-state index contributed by atoms with van der Waals surface area (Å²) in [5, 5.41) is 8.00. The number of aromatic amines is 1. The van der Waals surface area contributed by atoms with Crippen LogP contribution < -0.4 is 29.8 Å². The van der Waals surface area contributed by atoms with E-state index in [4.69, 9.17) is 18.9 Å². The first kappa shape index (κ1) is 22.0. The zero-order valence-corrected chi connectivity index (χ0v) is 18.9. The summed E-state index contributed by atoms with van der Waals surface area (Å²) >= 11 is 0. The van der Waals surface area contributed by atoms with Gasteiger partial charge >= 0.3 is 0 Å². The lowest BCUT2D eigenvalue weighted by Gasteiger charge is -2.02. The maximum Gasteiger partial charge on any atom is 0.288 e. The summed E-state index contributed by atoms with van der Waals surface area (Å²) in [5.74, 6) is 1.63. The highest BCUT2D eigenvalue weighted by Gasteiger charge is 2.22. The Bertz CT molecular complexity index is 1380. The number of rotatable bonds is 6. The number of H-pyrrole nitrogens is 1. The Morgan fingerprint density at radius 1 is 0.800 bits per heavy atom. The van der Waals surface area contributed by atoms with Gasteiger partial charge in [-0.15, -0.1) is 0 Å². The summed E-state index contributed by atoms with van der Waals surface area (Å²) < 4.78 is 21.2. The fourth-order valence-electron chi connectivity index (χ4n) is 3.75. The maximum atomic E-state index is 12.7. The average Bonchev–Trinajstić information content (AvgIpc) is 3.57. The van der Waals surface area contributed by atoms with Gasteiger partial charge in [0.2, 0.25) is 13.6 Å². The molecule has 3 N–H and O–H groups in total. The molecule has 2 amide bonds. The van der Waals surface area contributed by atoms with Crippen molar-refractivity contribution in [1.29, 1.82) is 0 Å². The van der Waals surface area contributed by atoms with Crippen molar-refractivity contribution in [2.45, 2.75) is 13.8 Å². The molecule has 0 unspecified atom stereocenters. The molecule has 5 rings (SSSR count). The van der Waals surface area contributed by atoms with Gasteiger partial charge in [0.25, 0.3) is 11.8 Å². The number of hydrogen-bond donors (Lipinski definition) is 3. The summed E-state index contributed by atoms with van der Waals surface area (Å²) in [4.78, 5) is 28.3. The number of amides is 2. The third kappa shape index (κ3) is 4.51. The summed E-state index contributed by atoms with van der Waals surface area (Å²) in [5.41, 5.74) is 7.99. The zero-order chi connectivity index (χ0) is 24.4. The smallest absolute Gasteiger partial charge is 0.288 e. The van der Waals surface area contributed by atoms with Crippen LogP contribution in [0.15, 0.2) is 46.6 Å². The van der Waals surface area contributed by atoms with Crippen molar-refractivity contribution < 1.29 is 28.5 Å². The lowest BCUT2D eigenvalue weighted by atomic mass is 10.1. The second-order valence-electron chi connectivity index (χ2n) is 7.75. The Labute approximate surface area is 199 Å². The molecule has 2 aliphatic heterocycles. The molecule has 0 aliphatic carbocycles. The molecule has 178 valence electrons. The van der Waals surface area contributed by atoms with Gasteiger partial charge in [-0.25, -0.2) is 10.9 Å². The fourth-order valence-corrected chi connectivity index (χ4v) is 3.75. The zero-order valence-electron chi connectivity index (χ0n) is 18.9. The third-order valence-electron chi connectivity index (χ3n) is 5.44. The molecule has 3 aromatic rings. The van der Waals surface area contributed by atoms with E-state index in [1.807, 2.05) is 0 Å². The van der Waals surface area contributed by atoms with Crippen LogP contribution in [0, 0.1) is 13.8 Å². The van der Waals surface area contributed by atoms with Crippen LogP contribution in [0.4, 0.5) is 0 Å². The van der Waals surface area contributed by atoms with Crippen LogP contribution in [0.2, 0.25) is 0 Å². The van der Waals surface area contributed by atoms with Gasteiger partial charge in [-0.2, -0.15) is 10.2 Å². The Kier molecular flexibility index (Phi) is 5.80. The number of hydrogen-bond acceptors (Lipinski definition) is 8. The van der Waals surface area contributed by atoms with Crippen LogP contribution in [0.1, 0.15) is 43.2 Å². The van der Waals surface area contributed by atoms with E-state index < -0.39 is 11.8 Å². The second kappa shape index (κ2) is 9.21. The van der Waals surface area contributed by atoms with E-state index >= 15 is 0 Å². The first-order chi connectivity index (χ1) is 17.0. The van der Waals surface area contributed by atoms with Gasteiger partial charge in [-0.3, -0.25) is 9.59 Å². The van der Waals surface area contributed by atoms with Crippen molar-refractivity contribution in [3.8, 4) is 23.0 Å². The minimum atomic E-state index is -0.481. The Morgan fingerprint density at radius 3 is 1.89 bits per heavy atom. The molecule has 1 aromatic heterocycles. The highest BCUT2D eigenvalue weighted by atomic mass is 16.7. The number of aromatic nitrogens is 1. The van der Waals surface area contributed by atoms with E-state index in [-0.39, 0.29) is 19.3 Å². The van der Waals surface area contributed by atoms with Gasteiger partial charge in [-0.05, 0) is 66.9 Å². The van der Waals surface area contributed by atoms with E-state index in [1.165, 1.54) is 12.4 Å². The molecule has 0 saturated heterocycles. The van der Waals surface area contributed by atoms with Gasteiger partial charge in [0, 0.05) is 5.69 Å². The average molecular weight is 475 g/mol. The van der Waals surface area contributed by atoms with E-state index in [0.29, 0.717) is 39.8 Å². The molecule has 2 aliphatic rings. The first-order valence-corrected chi connectivity index (χ1v) is 10.6. The van der Waals surface area contributed by atoms with Gasteiger partial charge in [-0.1, -0.05) is 0 Å². The normalized spacial score (nSPS) is 13.5. The Morgan fingerprint density at radius 2 is 1.31 bits per heavy atom. The van der Waals surface area contributed by atoms with Gasteiger partial charge in [0.1, 0.15) is 5.69 Å². The van der Waals surface area contributed by atoms with Crippen LogP contribution in [-0.2, 0) is 0 Å². The predicted molar refractivity (Wildman–Crippen MR) is 126 cm³/mol. The molecule has 11 heteroatoms. The number of fused-ring (bicyclic) bond motifs is 2. The second-order valence-corrected chi connectivity index (χ2v) is 7.75. The number of benzene rings is 2. The molecule has 2 aromatic carbocycles. The number of nitrogens with one attached hydrogen (secondary N) is 3. The molecule has 3 heterocycles. The van der Waals surface area contributed by atoms with E-state index in [1.54, 1.807) is 50.2 Å². The SMILES string of the molecule is Cc1[nH]c(C(=O)N/N=C/c2ccc3c(c2)OCO3)c(C)c1C(=O)N/N=C/c1ccc2c(c1)OCO2. The standard InChI is InChI=1S/C24H21N5O6/c1-13-21(23(30)28-25-9-15-3-5-17-19(7-15)34-11-32-17)14(2)27-22(13)24(31)29-26-10-16-4-6-18-20(8-16)35-12-33-18/h3-10,27H,11-12H2,1-2H3,(H,28,30)(H,29,31)/b25-9+,26-10+. The fraction of sp³-hybridized carbons (Fsp3) is 0.167. The Balaban J connectivity index is 1.22. The quantitative estimate of drug-likeness (QED) is 0.370. The number of nitrogens with zero attached hydrogens (tertiary/aromatic N) is 2. The van der Waals surface area contributed by atoms with Gasteiger partial charge in [0.15, 0.2) is 23.0 Å². The minimum Gasteiger partial charge on any atom is -0.454 e. The van der Waals surface area contributed by atoms with Gasteiger partial charge in [0.05, 0.1) is 18.0 Å². The van der Waals surface area contributed by atoms with Crippen LogP contribution in [0.3, 0.4) is 0 Å². The van der Waals surface area contributed by atoms with Crippen LogP contribution in [0.25, 0.3) is 0 Å². The third-order valence-corrected chi connectivity index (χ3v) is 5.44. The molecule has 11 nitrogen and oxygen atoms in total. The lowest BCUT2D eigenvalue weighted by molar-refractivity contribution is 0.0948. The molecule has 0 atom stereocenters. The topological polar surface area (TPSA) is 136 Å². The van der Waals surface area contributed by atoms with Crippen molar-refractivity contribution in [3.63, 3.8) is 0 Å². The largest absolute Gasteiger partial charge is 0.454 e. The molecule has 0 fully saturated rings. The molecule has 0 radical (unpaired) electrons. The summed E-state index contributed by atoms with van der Waals surface area (Å²) in [6, 6.07) is 10.6. The highest BCUT2D eigenvalue weighted by molar-refractivity contribution is 6.03. The Hall–Kier alpha value is -4.80. The van der Waals surface area contributed by atoms with Crippen LogP contribution >= 0.6 is 0 Å². The number of carbonyl (C=O) groups is 2. The van der Waals surface area contributed by atoms with E-state index in [9.17, 15) is 9.59 Å². The molecule has 35 heavy (non-hydrogen) atoms. The monoisotopic (exact) mass is 475 g/mol. The van der Waals surface area contributed by atoms with Crippen molar-refractivity contribution in [1.82, 2.24) is 15.8 Å². The number of hydrazone groups is 2. The van der Waals surface area contributed by atoms with Crippen molar-refractivity contribution in [2.24, 2.45) is 10.2 Å². The van der Waals surface area contributed by atoms with Crippen LogP contribution in [-0.4, -0.2) is 42.8 Å². The molecule has 0 bridgehead atoms. The van der Waals surface area contributed by atoms with Crippen LogP contribution in [0.5, 0.6) is 23.0 Å². The van der Waals surface area contributed by atoms with E-state index in [0.717, 1.165) is 11.1 Å². The van der Waals surface area contributed by atoms with Crippen molar-refractivity contribution in [3.05, 3.63) is 70.0 Å². The van der Waals surface area contributed by atoms with Gasteiger partial charge < -0.3 is 23.9 Å². The maximum absolute atomic E-state index is 12.7. The summed E-state index contributed by atoms with van der Waals surface area (Å²) in [6.07, 6.45) is 2.99. The van der Waals surface area contributed by atoms with Crippen molar-refractivity contribution in [2.75, 3.05) is 13.6 Å².